The van der Waals surface area contributed by atoms with E-state index in [1.807, 2.05) is 54.6 Å². The first-order valence-electron chi connectivity index (χ1n) is 9.88. The van der Waals surface area contributed by atoms with Crippen molar-refractivity contribution in [1.82, 2.24) is 10.3 Å². The number of amides is 1. The zero-order chi connectivity index (χ0) is 20.1. The smallest absolute Gasteiger partial charge is 0.252 e. The van der Waals surface area contributed by atoms with Crippen LogP contribution in [0.4, 0.5) is 5.82 Å². The van der Waals surface area contributed by atoms with Crippen molar-refractivity contribution in [2.45, 2.75) is 6.42 Å². The maximum atomic E-state index is 13.0. The van der Waals surface area contributed by atoms with Crippen LogP contribution in [0.2, 0.25) is 0 Å². The van der Waals surface area contributed by atoms with Gasteiger partial charge >= 0.3 is 0 Å². The fraction of sp³-hybridized carbons (Fsp3) is 0.304. The van der Waals surface area contributed by atoms with Gasteiger partial charge in [-0.2, -0.15) is 0 Å². The average Bonchev–Trinajstić information content (AvgIpc) is 2.79. The first-order valence-corrected chi connectivity index (χ1v) is 9.88. The molecule has 1 amide bonds. The van der Waals surface area contributed by atoms with Gasteiger partial charge in [-0.15, -0.1) is 0 Å². The standard InChI is InChI=1S/C23H25N3O3/c1-28-18-6-4-5-17(15-18)9-10-24-23(27)20-16-22(26-11-13-29-14-12-26)25-21-8-3-2-7-19(20)21/h2-8,15-16H,9-14H2,1H3,(H,24,27). The number of rotatable bonds is 6. The van der Waals surface area contributed by atoms with Gasteiger partial charge in [0.2, 0.25) is 0 Å². The first-order chi connectivity index (χ1) is 14.2. The molecule has 4 rings (SSSR count). The maximum absolute atomic E-state index is 13.0. The molecule has 6 heteroatoms. The van der Waals surface area contributed by atoms with Crippen LogP contribution in [-0.4, -0.2) is 50.8 Å². The van der Waals surface area contributed by atoms with Crippen molar-refractivity contribution >= 4 is 22.6 Å². The Hall–Kier alpha value is -3.12. The summed E-state index contributed by atoms with van der Waals surface area (Å²) >= 11 is 0. The van der Waals surface area contributed by atoms with E-state index in [-0.39, 0.29) is 5.91 Å². The van der Waals surface area contributed by atoms with Crippen LogP contribution in [0.25, 0.3) is 10.9 Å². The van der Waals surface area contributed by atoms with Crippen LogP contribution < -0.4 is 15.0 Å². The van der Waals surface area contributed by atoms with Gasteiger partial charge in [-0.25, -0.2) is 4.98 Å². The number of morpholine rings is 1. The van der Waals surface area contributed by atoms with E-state index in [0.29, 0.717) is 25.3 Å². The molecule has 150 valence electrons. The van der Waals surface area contributed by atoms with Crippen LogP contribution in [0, 0.1) is 0 Å². The second-order valence-electron chi connectivity index (χ2n) is 7.00. The lowest BCUT2D eigenvalue weighted by Crippen LogP contribution is -2.37. The van der Waals surface area contributed by atoms with Crippen molar-refractivity contribution in [2.75, 3.05) is 44.9 Å². The van der Waals surface area contributed by atoms with Gasteiger partial charge in [0, 0.05) is 25.0 Å². The summed E-state index contributed by atoms with van der Waals surface area (Å²) in [6.45, 7) is 3.47. The molecule has 1 fully saturated rings. The van der Waals surface area contributed by atoms with E-state index < -0.39 is 0 Å². The van der Waals surface area contributed by atoms with Crippen molar-refractivity contribution in [3.05, 3.63) is 65.7 Å². The Bertz CT molecular complexity index is 1000. The second-order valence-corrected chi connectivity index (χ2v) is 7.00. The third kappa shape index (κ3) is 4.49. The molecule has 1 aliphatic rings. The summed E-state index contributed by atoms with van der Waals surface area (Å²) in [6, 6.07) is 17.6. The number of aromatic nitrogens is 1. The number of carbonyl (C=O) groups is 1. The van der Waals surface area contributed by atoms with E-state index in [9.17, 15) is 4.79 Å². The zero-order valence-electron chi connectivity index (χ0n) is 16.6. The number of pyridine rings is 1. The molecule has 1 N–H and O–H groups in total. The minimum absolute atomic E-state index is 0.0824. The number of anilines is 1. The lowest BCUT2D eigenvalue weighted by molar-refractivity contribution is 0.0955. The Labute approximate surface area is 170 Å². The van der Waals surface area contributed by atoms with Crippen LogP contribution in [0.15, 0.2) is 54.6 Å². The largest absolute Gasteiger partial charge is 0.497 e. The normalized spacial score (nSPS) is 14.0. The predicted octanol–water partition coefficient (Wildman–Crippen LogP) is 3.05. The van der Waals surface area contributed by atoms with Gasteiger partial charge in [0.1, 0.15) is 11.6 Å². The van der Waals surface area contributed by atoms with Gasteiger partial charge in [-0.05, 0) is 36.2 Å². The highest BCUT2D eigenvalue weighted by atomic mass is 16.5. The minimum Gasteiger partial charge on any atom is -0.497 e. The van der Waals surface area contributed by atoms with Crippen molar-refractivity contribution in [3.63, 3.8) is 0 Å². The molecule has 0 unspecified atom stereocenters. The van der Waals surface area contributed by atoms with E-state index in [4.69, 9.17) is 14.5 Å². The number of hydrogen-bond donors (Lipinski definition) is 1. The lowest BCUT2D eigenvalue weighted by Gasteiger charge is -2.28. The van der Waals surface area contributed by atoms with Crippen LogP contribution in [-0.2, 0) is 11.2 Å². The Kier molecular flexibility index (Phi) is 5.91. The molecule has 1 saturated heterocycles. The number of benzene rings is 2. The highest BCUT2D eigenvalue weighted by Crippen LogP contribution is 2.24. The van der Waals surface area contributed by atoms with Crippen molar-refractivity contribution < 1.29 is 14.3 Å². The summed E-state index contributed by atoms with van der Waals surface area (Å²) in [5.41, 5.74) is 2.61. The van der Waals surface area contributed by atoms with Crippen molar-refractivity contribution in [3.8, 4) is 5.75 Å². The van der Waals surface area contributed by atoms with Crippen LogP contribution in [0.3, 0.4) is 0 Å². The monoisotopic (exact) mass is 391 g/mol. The molecule has 0 spiro atoms. The molecule has 0 radical (unpaired) electrons. The highest BCUT2D eigenvalue weighted by Gasteiger charge is 2.18. The van der Waals surface area contributed by atoms with E-state index in [2.05, 4.69) is 10.2 Å². The number of nitrogens with one attached hydrogen (secondary N) is 1. The van der Waals surface area contributed by atoms with Crippen LogP contribution >= 0.6 is 0 Å². The Morgan fingerprint density at radius 3 is 2.79 bits per heavy atom. The Balaban J connectivity index is 1.52. The van der Waals surface area contributed by atoms with E-state index >= 15 is 0 Å². The second kappa shape index (κ2) is 8.92. The molecule has 29 heavy (non-hydrogen) atoms. The number of fused-ring (bicyclic) bond motifs is 1. The number of ether oxygens (including phenoxy) is 2. The molecule has 0 atom stereocenters. The van der Waals surface area contributed by atoms with E-state index in [1.54, 1.807) is 7.11 Å². The Morgan fingerprint density at radius 1 is 1.14 bits per heavy atom. The van der Waals surface area contributed by atoms with Gasteiger partial charge in [0.15, 0.2) is 0 Å². The van der Waals surface area contributed by atoms with Gasteiger partial charge in [0.05, 0.1) is 31.4 Å². The van der Waals surface area contributed by atoms with E-state index in [0.717, 1.165) is 47.5 Å². The molecule has 1 aliphatic heterocycles. The number of nitrogens with zero attached hydrogens (tertiary/aromatic N) is 2. The molecule has 3 aromatic rings. The molecular weight excluding hydrogens is 366 g/mol. The fourth-order valence-corrected chi connectivity index (χ4v) is 3.55. The van der Waals surface area contributed by atoms with Crippen LogP contribution in [0.1, 0.15) is 15.9 Å². The number of hydrogen-bond acceptors (Lipinski definition) is 5. The first kappa shape index (κ1) is 19.2. The summed E-state index contributed by atoms with van der Waals surface area (Å²) < 4.78 is 10.7. The maximum Gasteiger partial charge on any atom is 0.252 e. The summed E-state index contributed by atoms with van der Waals surface area (Å²) in [6.07, 6.45) is 0.738. The highest BCUT2D eigenvalue weighted by molar-refractivity contribution is 6.07. The van der Waals surface area contributed by atoms with Gasteiger partial charge in [-0.1, -0.05) is 30.3 Å². The third-order valence-corrected chi connectivity index (χ3v) is 5.12. The number of carbonyl (C=O) groups excluding carboxylic acids is 1. The topological polar surface area (TPSA) is 63.7 Å². The van der Waals surface area contributed by atoms with Gasteiger partial charge in [0.25, 0.3) is 5.91 Å². The summed E-state index contributed by atoms with van der Waals surface area (Å²) in [4.78, 5) is 19.9. The molecule has 2 aromatic carbocycles. The Morgan fingerprint density at radius 2 is 1.97 bits per heavy atom. The van der Waals surface area contributed by atoms with E-state index in [1.165, 1.54) is 0 Å². The van der Waals surface area contributed by atoms with Crippen LogP contribution in [0.5, 0.6) is 5.75 Å². The molecular formula is C23H25N3O3. The summed E-state index contributed by atoms with van der Waals surface area (Å²) in [5, 5.41) is 3.92. The SMILES string of the molecule is COc1cccc(CCNC(=O)c2cc(N3CCOCC3)nc3ccccc23)c1. The number of para-hydroxylation sites is 1. The molecule has 1 aromatic heterocycles. The molecule has 2 heterocycles. The summed E-state index contributed by atoms with van der Waals surface area (Å²) in [5.74, 6) is 1.56. The number of methoxy groups -OCH3 is 1. The molecule has 0 aliphatic carbocycles. The van der Waals surface area contributed by atoms with Crippen molar-refractivity contribution in [2.24, 2.45) is 0 Å². The third-order valence-electron chi connectivity index (χ3n) is 5.12. The van der Waals surface area contributed by atoms with Gasteiger partial charge < -0.3 is 19.7 Å². The zero-order valence-corrected chi connectivity index (χ0v) is 16.6. The van der Waals surface area contributed by atoms with Crippen molar-refractivity contribution in [1.29, 1.82) is 0 Å². The molecule has 0 bridgehead atoms. The fourth-order valence-electron chi connectivity index (χ4n) is 3.55. The predicted molar refractivity (Wildman–Crippen MR) is 114 cm³/mol. The molecule has 0 saturated carbocycles. The quantitative estimate of drug-likeness (QED) is 0.700. The van der Waals surface area contributed by atoms with Gasteiger partial charge in [-0.3, -0.25) is 4.79 Å². The minimum atomic E-state index is -0.0824. The summed E-state index contributed by atoms with van der Waals surface area (Å²) in [7, 11) is 1.65. The average molecular weight is 391 g/mol. The molecule has 6 nitrogen and oxygen atoms in total. The lowest BCUT2D eigenvalue weighted by atomic mass is 10.1.